The van der Waals surface area contributed by atoms with E-state index >= 15 is 0 Å². The molecule has 0 fully saturated rings. The van der Waals surface area contributed by atoms with Crippen molar-refractivity contribution in [1.29, 1.82) is 0 Å². The maximum Gasteiger partial charge on any atom is 0.336 e. The van der Waals surface area contributed by atoms with Gasteiger partial charge < -0.3 is 10.0 Å². The van der Waals surface area contributed by atoms with E-state index in [9.17, 15) is 14.7 Å². The van der Waals surface area contributed by atoms with E-state index in [2.05, 4.69) is 0 Å². The Morgan fingerprint density at radius 1 is 1.04 bits per heavy atom. The highest BCUT2D eigenvalue weighted by atomic mass is 16.4. The van der Waals surface area contributed by atoms with Gasteiger partial charge in [0.2, 0.25) is 5.91 Å². The maximum absolute atomic E-state index is 12.3. The summed E-state index contributed by atoms with van der Waals surface area (Å²) in [6.45, 7) is 5.39. The van der Waals surface area contributed by atoms with Gasteiger partial charge in [0.15, 0.2) is 0 Å². The van der Waals surface area contributed by atoms with Crippen molar-refractivity contribution in [3.05, 3.63) is 53.6 Å². The first-order valence-corrected chi connectivity index (χ1v) is 7.54. The Hall–Kier alpha value is -2.62. The van der Waals surface area contributed by atoms with Crippen molar-refractivity contribution in [1.82, 2.24) is 0 Å². The van der Waals surface area contributed by atoms with Crippen LogP contribution in [0.4, 0.5) is 5.69 Å². The monoisotopic (exact) mass is 311 g/mol. The van der Waals surface area contributed by atoms with Crippen molar-refractivity contribution in [2.75, 3.05) is 11.9 Å². The van der Waals surface area contributed by atoms with E-state index in [1.165, 1.54) is 0 Å². The molecule has 4 nitrogen and oxygen atoms in total. The van der Waals surface area contributed by atoms with Gasteiger partial charge in [-0.1, -0.05) is 44.2 Å². The van der Waals surface area contributed by atoms with Crippen LogP contribution in [0.15, 0.2) is 42.5 Å². The number of hydrogen-bond donors (Lipinski definition) is 1. The average Bonchev–Trinajstić information content (AvgIpc) is 2.54. The molecule has 0 bridgehead atoms. The fourth-order valence-corrected chi connectivity index (χ4v) is 2.57. The van der Waals surface area contributed by atoms with Gasteiger partial charge in [-0.25, -0.2) is 4.79 Å². The van der Waals surface area contributed by atoms with Crippen LogP contribution in [0.5, 0.6) is 0 Å². The first-order chi connectivity index (χ1) is 10.8. The highest BCUT2D eigenvalue weighted by molar-refractivity contribution is 5.99. The second-order valence-electron chi connectivity index (χ2n) is 5.89. The Bertz CT molecular complexity index is 736. The van der Waals surface area contributed by atoms with Gasteiger partial charge in [-0.15, -0.1) is 0 Å². The van der Waals surface area contributed by atoms with E-state index in [-0.39, 0.29) is 17.4 Å². The molecule has 0 atom stereocenters. The van der Waals surface area contributed by atoms with Crippen LogP contribution in [0, 0.1) is 12.8 Å². The standard InChI is InChI=1S/C19H21NO3/c1-12(2)18(21)20(4)17-11-15(14-8-6-5-7-9-14)10-16(13(17)3)19(22)23/h5-12H,1-4H3,(H,22,23). The lowest BCUT2D eigenvalue weighted by atomic mass is 9.97. The maximum atomic E-state index is 12.3. The molecule has 0 aliphatic heterocycles. The van der Waals surface area contributed by atoms with Crippen molar-refractivity contribution >= 4 is 17.6 Å². The van der Waals surface area contributed by atoms with E-state index in [1.54, 1.807) is 24.9 Å². The lowest BCUT2D eigenvalue weighted by molar-refractivity contribution is -0.121. The van der Waals surface area contributed by atoms with Crippen LogP contribution in [0.25, 0.3) is 11.1 Å². The number of carboxylic acids is 1. The number of benzene rings is 2. The van der Waals surface area contributed by atoms with Crippen molar-refractivity contribution in [3.63, 3.8) is 0 Å². The van der Waals surface area contributed by atoms with Crippen LogP contribution >= 0.6 is 0 Å². The van der Waals surface area contributed by atoms with E-state index in [1.807, 2.05) is 50.2 Å². The van der Waals surface area contributed by atoms with E-state index in [0.717, 1.165) is 11.1 Å². The summed E-state index contributed by atoms with van der Waals surface area (Å²) in [7, 11) is 1.69. The summed E-state index contributed by atoms with van der Waals surface area (Å²) in [4.78, 5) is 25.4. The van der Waals surface area contributed by atoms with Gasteiger partial charge in [0.05, 0.1) is 5.56 Å². The van der Waals surface area contributed by atoms with E-state index < -0.39 is 5.97 Å². The van der Waals surface area contributed by atoms with E-state index in [0.29, 0.717) is 11.3 Å². The van der Waals surface area contributed by atoms with Gasteiger partial charge >= 0.3 is 5.97 Å². The highest BCUT2D eigenvalue weighted by Crippen LogP contribution is 2.31. The molecule has 0 aromatic heterocycles. The van der Waals surface area contributed by atoms with Crippen LogP contribution in [0.3, 0.4) is 0 Å². The minimum atomic E-state index is -0.994. The average molecular weight is 311 g/mol. The number of rotatable bonds is 4. The third-order valence-electron chi connectivity index (χ3n) is 3.90. The second kappa shape index (κ2) is 6.65. The summed E-state index contributed by atoms with van der Waals surface area (Å²) in [6.07, 6.45) is 0. The molecule has 0 unspecified atom stereocenters. The molecule has 0 aliphatic carbocycles. The van der Waals surface area contributed by atoms with E-state index in [4.69, 9.17) is 0 Å². The lowest BCUT2D eigenvalue weighted by Crippen LogP contribution is -2.31. The van der Waals surface area contributed by atoms with Crippen molar-refractivity contribution in [2.45, 2.75) is 20.8 Å². The molecule has 0 saturated carbocycles. The van der Waals surface area contributed by atoms with Gasteiger partial charge in [-0.3, -0.25) is 4.79 Å². The fourth-order valence-electron chi connectivity index (χ4n) is 2.57. The molecular formula is C19H21NO3. The molecule has 0 radical (unpaired) electrons. The third kappa shape index (κ3) is 3.42. The molecule has 4 heteroatoms. The third-order valence-corrected chi connectivity index (χ3v) is 3.90. The Kier molecular flexibility index (Phi) is 4.84. The number of nitrogens with zero attached hydrogens (tertiary/aromatic N) is 1. The number of anilines is 1. The predicted molar refractivity (Wildman–Crippen MR) is 91.8 cm³/mol. The quantitative estimate of drug-likeness (QED) is 0.929. The Morgan fingerprint density at radius 2 is 1.65 bits per heavy atom. The summed E-state index contributed by atoms with van der Waals surface area (Å²) < 4.78 is 0. The van der Waals surface area contributed by atoms with Gasteiger partial charge in [-0.05, 0) is 35.7 Å². The Labute approximate surface area is 136 Å². The highest BCUT2D eigenvalue weighted by Gasteiger charge is 2.21. The minimum absolute atomic E-state index is 0.0466. The SMILES string of the molecule is Cc1c(C(=O)O)cc(-c2ccccc2)cc1N(C)C(=O)C(C)C. The molecule has 0 aliphatic rings. The van der Waals surface area contributed by atoms with Crippen LogP contribution in [-0.2, 0) is 4.79 Å². The van der Waals surface area contributed by atoms with Gasteiger partial charge in [-0.2, -0.15) is 0 Å². The molecule has 0 spiro atoms. The molecule has 0 saturated heterocycles. The molecular weight excluding hydrogens is 290 g/mol. The number of hydrogen-bond acceptors (Lipinski definition) is 2. The fraction of sp³-hybridized carbons (Fsp3) is 0.263. The van der Waals surface area contributed by atoms with Gasteiger partial charge in [0.25, 0.3) is 0 Å². The number of amides is 1. The minimum Gasteiger partial charge on any atom is -0.478 e. The van der Waals surface area contributed by atoms with Gasteiger partial charge in [0.1, 0.15) is 0 Å². The molecule has 120 valence electrons. The molecule has 23 heavy (non-hydrogen) atoms. The Morgan fingerprint density at radius 3 is 2.17 bits per heavy atom. The van der Waals surface area contributed by atoms with Crippen LogP contribution in [-0.4, -0.2) is 24.0 Å². The molecule has 2 aromatic carbocycles. The van der Waals surface area contributed by atoms with Crippen LogP contribution in [0.1, 0.15) is 29.8 Å². The zero-order chi connectivity index (χ0) is 17.1. The largest absolute Gasteiger partial charge is 0.478 e. The molecule has 0 heterocycles. The number of carboxylic acid groups (broad SMARTS) is 1. The van der Waals surface area contributed by atoms with Gasteiger partial charge in [0, 0.05) is 18.7 Å². The Balaban J connectivity index is 2.64. The molecule has 2 aromatic rings. The topological polar surface area (TPSA) is 57.6 Å². The lowest BCUT2D eigenvalue weighted by Gasteiger charge is -2.23. The van der Waals surface area contributed by atoms with Crippen molar-refractivity contribution < 1.29 is 14.7 Å². The van der Waals surface area contributed by atoms with Crippen LogP contribution < -0.4 is 4.90 Å². The summed E-state index contributed by atoms with van der Waals surface area (Å²) in [5.41, 5.74) is 3.13. The first kappa shape index (κ1) is 16.7. The number of aromatic carboxylic acids is 1. The molecule has 1 N–H and O–H groups in total. The smallest absolute Gasteiger partial charge is 0.336 e. The zero-order valence-corrected chi connectivity index (χ0v) is 13.8. The summed E-state index contributed by atoms with van der Waals surface area (Å²) in [5, 5.41) is 9.49. The predicted octanol–water partition coefficient (Wildman–Crippen LogP) is 3.98. The number of carbonyl (C=O) groups is 2. The van der Waals surface area contributed by atoms with Crippen molar-refractivity contribution in [2.24, 2.45) is 5.92 Å². The molecule has 2 rings (SSSR count). The summed E-state index contributed by atoms with van der Waals surface area (Å²) >= 11 is 0. The van der Waals surface area contributed by atoms with Crippen LogP contribution in [0.2, 0.25) is 0 Å². The summed E-state index contributed by atoms with van der Waals surface area (Å²) in [5.74, 6) is -1.20. The van der Waals surface area contributed by atoms with Crippen molar-refractivity contribution in [3.8, 4) is 11.1 Å². The normalized spacial score (nSPS) is 10.7. The second-order valence-corrected chi connectivity index (χ2v) is 5.89. The zero-order valence-electron chi connectivity index (χ0n) is 13.8. The molecule has 1 amide bonds. The summed E-state index contributed by atoms with van der Waals surface area (Å²) in [6, 6.07) is 13.1. The number of carbonyl (C=O) groups excluding carboxylic acids is 1. The first-order valence-electron chi connectivity index (χ1n) is 7.54.